The maximum absolute atomic E-state index is 11.4. The van der Waals surface area contributed by atoms with Gasteiger partial charge in [0.05, 0.1) is 0 Å². The minimum absolute atomic E-state index is 0.0880. The summed E-state index contributed by atoms with van der Waals surface area (Å²) in [6, 6.07) is 0. The predicted molar refractivity (Wildman–Crippen MR) is 44.8 cm³/mol. The highest BCUT2D eigenvalue weighted by Gasteiger charge is 2.24. The van der Waals surface area contributed by atoms with Crippen molar-refractivity contribution in [2.24, 2.45) is 5.92 Å². The van der Waals surface area contributed by atoms with Gasteiger partial charge in [-0.1, -0.05) is 20.4 Å². The van der Waals surface area contributed by atoms with Gasteiger partial charge in [0.15, 0.2) is 0 Å². The average Bonchev–Trinajstić information content (AvgIpc) is 2.17. The Labute approximate surface area is 67.2 Å². The van der Waals surface area contributed by atoms with Gasteiger partial charge in [-0.15, -0.1) is 0 Å². The normalized spacial score (nSPS) is 18.2. The van der Waals surface area contributed by atoms with Crippen LogP contribution in [0.2, 0.25) is 0 Å². The van der Waals surface area contributed by atoms with Crippen LogP contribution in [0.3, 0.4) is 0 Å². The molecule has 0 aromatic carbocycles. The van der Waals surface area contributed by atoms with Gasteiger partial charge in [0.25, 0.3) is 5.91 Å². The smallest absolute Gasteiger partial charge is 0.254 e. The molecular weight excluding hydrogens is 138 g/mol. The molecule has 1 aliphatic rings. The molecule has 0 fully saturated rings. The van der Waals surface area contributed by atoms with Crippen molar-refractivity contribution in [3.63, 3.8) is 0 Å². The van der Waals surface area contributed by atoms with E-state index in [1.54, 1.807) is 11.9 Å². The molecule has 2 heteroatoms. The van der Waals surface area contributed by atoms with Crippen LogP contribution in [0.4, 0.5) is 0 Å². The van der Waals surface area contributed by atoms with Crippen molar-refractivity contribution < 1.29 is 4.79 Å². The van der Waals surface area contributed by atoms with E-state index >= 15 is 0 Å². The van der Waals surface area contributed by atoms with Crippen LogP contribution in [0.1, 0.15) is 13.8 Å². The third-order valence-corrected chi connectivity index (χ3v) is 1.93. The van der Waals surface area contributed by atoms with E-state index in [0.29, 0.717) is 5.92 Å². The second-order valence-electron chi connectivity index (χ2n) is 3.11. The van der Waals surface area contributed by atoms with E-state index in [4.69, 9.17) is 0 Å². The van der Waals surface area contributed by atoms with Crippen molar-refractivity contribution in [2.75, 3.05) is 7.05 Å². The van der Waals surface area contributed by atoms with Gasteiger partial charge in [0.1, 0.15) is 0 Å². The zero-order chi connectivity index (χ0) is 8.59. The Morgan fingerprint density at radius 1 is 1.55 bits per heavy atom. The highest BCUT2D eigenvalue weighted by Crippen LogP contribution is 2.23. The summed E-state index contributed by atoms with van der Waals surface area (Å²) in [5, 5.41) is 0. The number of hydrogen-bond acceptors (Lipinski definition) is 1. The lowest BCUT2D eigenvalue weighted by Gasteiger charge is -2.10. The molecule has 0 unspecified atom stereocenters. The molecule has 0 aromatic heterocycles. The van der Waals surface area contributed by atoms with Gasteiger partial charge >= 0.3 is 0 Å². The monoisotopic (exact) mass is 151 g/mol. The molecule has 0 N–H and O–H groups in total. The van der Waals surface area contributed by atoms with Crippen molar-refractivity contribution in [3.8, 4) is 0 Å². The minimum Gasteiger partial charge on any atom is -0.312 e. The van der Waals surface area contributed by atoms with E-state index in [0.717, 1.165) is 11.3 Å². The first-order valence-corrected chi connectivity index (χ1v) is 3.72. The van der Waals surface area contributed by atoms with Crippen LogP contribution >= 0.6 is 0 Å². The quantitative estimate of drug-likeness (QED) is 0.557. The number of amides is 1. The highest BCUT2D eigenvalue weighted by atomic mass is 16.2. The zero-order valence-electron chi connectivity index (χ0n) is 7.22. The van der Waals surface area contributed by atoms with Crippen LogP contribution in [0.5, 0.6) is 0 Å². The van der Waals surface area contributed by atoms with Gasteiger partial charge in [-0.25, -0.2) is 0 Å². The third kappa shape index (κ3) is 1.20. The Bertz CT molecular complexity index is 238. The van der Waals surface area contributed by atoms with E-state index in [-0.39, 0.29) is 5.91 Å². The molecule has 2 nitrogen and oxygen atoms in total. The molecule has 0 spiro atoms. The fourth-order valence-electron chi connectivity index (χ4n) is 1.08. The van der Waals surface area contributed by atoms with Crippen LogP contribution in [0, 0.1) is 5.92 Å². The molecule has 0 aliphatic carbocycles. The summed E-state index contributed by atoms with van der Waals surface area (Å²) in [7, 11) is 1.75. The first-order valence-electron chi connectivity index (χ1n) is 3.72. The topological polar surface area (TPSA) is 20.3 Å². The molecule has 0 bridgehead atoms. The van der Waals surface area contributed by atoms with Gasteiger partial charge in [-0.3, -0.25) is 4.79 Å². The van der Waals surface area contributed by atoms with Gasteiger partial charge in [-0.05, 0) is 12.0 Å². The third-order valence-electron chi connectivity index (χ3n) is 1.93. The van der Waals surface area contributed by atoms with E-state index in [1.807, 2.05) is 19.9 Å². The van der Waals surface area contributed by atoms with Crippen molar-refractivity contribution in [3.05, 3.63) is 23.9 Å². The van der Waals surface area contributed by atoms with E-state index in [2.05, 4.69) is 6.58 Å². The van der Waals surface area contributed by atoms with Crippen LogP contribution in [0.25, 0.3) is 0 Å². The summed E-state index contributed by atoms with van der Waals surface area (Å²) in [4.78, 5) is 12.9. The first-order chi connectivity index (χ1) is 5.04. The lowest BCUT2D eigenvalue weighted by Crippen LogP contribution is -2.21. The van der Waals surface area contributed by atoms with Crippen LogP contribution in [-0.2, 0) is 4.79 Å². The molecule has 0 radical (unpaired) electrons. The lowest BCUT2D eigenvalue weighted by molar-refractivity contribution is -0.123. The Balaban J connectivity index is 2.93. The molecule has 1 aliphatic heterocycles. The van der Waals surface area contributed by atoms with Crippen molar-refractivity contribution >= 4 is 5.91 Å². The standard InChI is InChI=1S/C9H13NO/c1-6(2)8-5-7(3)10(4)9(8)11/h5-6H,3H2,1-2,4H3. The van der Waals surface area contributed by atoms with E-state index < -0.39 is 0 Å². The largest absolute Gasteiger partial charge is 0.312 e. The van der Waals surface area contributed by atoms with Crippen molar-refractivity contribution in [1.82, 2.24) is 4.90 Å². The van der Waals surface area contributed by atoms with Gasteiger partial charge < -0.3 is 4.90 Å². The van der Waals surface area contributed by atoms with Crippen molar-refractivity contribution in [2.45, 2.75) is 13.8 Å². The molecule has 0 aromatic rings. The summed E-state index contributed by atoms with van der Waals surface area (Å²) in [6.45, 7) is 7.77. The Kier molecular flexibility index (Phi) is 1.85. The number of likely N-dealkylation sites (N-methyl/N-ethyl adjacent to an activating group) is 1. The summed E-state index contributed by atoms with van der Waals surface area (Å²) in [5.41, 5.74) is 1.65. The molecule has 1 rings (SSSR count). The van der Waals surface area contributed by atoms with Gasteiger partial charge in [0, 0.05) is 18.3 Å². The average molecular weight is 151 g/mol. The molecule has 1 heterocycles. The SMILES string of the molecule is C=C1C=C(C(C)C)C(=O)N1C. The number of carbonyl (C=O) groups excluding carboxylic acids is 1. The fraction of sp³-hybridized carbons (Fsp3) is 0.444. The zero-order valence-corrected chi connectivity index (χ0v) is 7.22. The Morgan fingerprint density at radius 2 is 2.09 bits per heavy atom. The maximum Gasteiger partial charge on any atom is 0.254 e. The molecule has 11 heavy (non-hydrogen) atoms. The number of allylic oxidation sites excluding steroid dienone is 1. The molecule has 0 atom stereocenters. The number of nitrogens with zero attached hydrogens (tertiary/aromatic N) is 1. The summed E-state index contributed by atoms with van der Waals surface area (Å²) >= 11 is 0. The highest BCUT2D eigenvalue weighted by molar-refractivity contribution is 5.98. The Morgan fingerprint density at radius 3 is 2.27 bits per heavy atom. The second-order valence-corrected chi connectivity index (χ2v) is 3.11. The fourth-order valence-corrected chi connectivity index (χ4v) is 1.08. The van der Waals surface area contributed by atoms with E-state index in [9.17, 15) is 4.79 Å². The predicted octanol–water partition coefficient (Wildman–Crippen LogP) is 1.55. The summed E-state index contributed by atoms with van der Waals surface area (Å²) in [6.07, 6.45) is 1.85. The Hall–Kier alpha value is -1.05. The minimum atomic E-state index is 0.0880. The van der Waals surface area contributed by atoms with Crippen LogP contribution in [-0.4, -0.2) is 17.9 Å². The molecule has 60 valence electrons. The van der Waals surface area contributed by atoms with Crippen LogP contribution < -0.4 is 0 Å². The molecule has 1 amide bonds. The summed E-state index contributed by atoms with van der Waals surface area (Å²) < 4.78 is 0. The van der Waals surface area contributed by atoms with Crippen molar-refractivity contribution in [1.29, 1.82) is 0 Å². The molecular formula is C9H13NO. The summed E-state index contributed by atoms with van der Waals surface area (Å²) in [5.74, 6) is 0.384. The van der Waals surface area contributed by atoms with Crippen LogP contribution in [0.15, 0.2) is 23.9 Å². The number of hydrogen-bond donors (Lipinski definition) is 0. The lowest BCUT2D eigenvalue weighted by atomic mass is 10.0. The first kappa shape index (κ1) is 8.05. The molecule has 0 saturated heterocycles. The molecule has 0 saturated carbocycles. The van der Waals surface area contributed by atoms with Gasteiger partial charge in [0.2, 0.25) is 0 Å². The second kappa shape index (κ2) is 2.53. The number of rotatable bonds is 1. The maximum atomic E-state index is 11.4. The van der Waals surface area contributed by atoms with Gasteiger partial charge in [-0.2, -0.15) is 0 Å². The van der Waals surface area contributed by atoms with E-state index in [1.165, 1.54) is 0 Å². The number of carbonyl (C=O) groups is 1.